The van der Waals surface area contributed by atoms with Crippen molar-refractivity contribution in [2.45, 2.75) is 6.92 Å². The van der Waals surface area contributed by atoms with Crippen molar-refractivity contribution in [3.63, 3.8) is 0 Å². The zero-order valence-corrected chi connectivity index (χ0v) is 9.21. The van der Waals surface area contributed by atoms with E-state index in [0.717, 1.165) is 22.7 Å². The number of nitrogens with zero attached hydrogens (tertiary/aromatic N) is 2. The lowest BCUT2D eigenvalue weighted by Gasteiger charge is -2.04. The van der Waals surface area contributed by atoms with Gasteiger partial charge in [-0.25, -0.2) is 9.78 Å². The van der Waals surface area contributed by atoms with Crippen molar-refractivity contribution in [1.29, 1.82) is 0 Å². The van der Waals surface area contributed by atoms with E-state index < -0.39 is 5.97 Å². The molecule has 0 fully saturated rings. The molecule has 86 valence electrons. The van der Waals surface area contributed by atoms with Crippen LogP contribution in [0.1, 0.15) is 5.56 Å². The van der Waals surface area contributed by atoms with Crippen LogP contribution < -0.4 is 5.43 Å². The van der Waals surface area contributed by atoms with Crippen molar-refractivity contribution in [1.82, 2.24) is 4.98 Å². The molecule has 0 saturated carbocycles. The first-order valence-electron chi connectivity index (χ1n) is 5.05. The van der Waals surface area contributed by atoms with Gasteiger partial charge in [-0.2, -0.15) is 5.10 Å². The van der Waals surface area contributed by atoms with Gasteiger partial charge >= 0.3 is 5.97 Å². The third kappa shape index (κ3) is 2.57. The number of aromatic nitrogens is 1. The standard InChI is InChI=1S/C12H11N3O2/c1-8-6-11(15-13-7-12(16)17)14-10-5-3-2-4-9(8)10/h2-7H,1H3,(H,14,15)(H,16,17). The van der Waals surface area contributed by atoms with Gasteiger partial charge in [0.15, 0.2) is 0 Å². The van der Waals surface area contributed by atoms with Crippen LogP contribution in [0.15, 0.2) is 35.4 Å². The van der Waals surface area contributed by atoms with Gasteiger partial charge in [0.2, 0.25) is 0 Å². The predicted octanol–water partition coefficient (Wildman–Crippen LogP) is 2.03. The van der Waals surface area contributed by atoms with E-state index in [9.17, 15) is 4.79 Å². The maximum absolute atomic E-state index is 10.3. The first-order chi connectivity index (χ1) is 8.16. The number of para-hydroxylation sites is 1. The molecule has 2 N–H and O–H groups in total. The number of hydrogen-bond donors (Lipinski definition) is 2. The summed E-state index contributed by atoms with van der Waals surface area (Å²) in [5.74, 6) is -0.575. The molecule has 17 heavy (non-hydrogen) atoms. The Morgan fingerprint density at radius 3 is 3.00 bits per heavy atom. The second-order valence-electron chi connectivity index (χ2n) is 3.55. The van der Waals surface area contributed by atoms with Gasteiger partial charge in [0.25, 0.3) is 0 Å². The third-order valence-electron chi connectivity index (χ3n) is 2.28. The largest absolute Gasteiger partial charge is 0.477 e. The number of carbonyl (C=O) groups is 1. The molecule has 0 unspecified atom stereocenters. The molecule has 1 aromatic carbocycles. The van der Waals surface area contributed by atoms with Crippen molar-refractivity contribution in [2.75, 3.05) is 5.43 Å². The van der Waals surface area contributed by atoms with Crippen LogP contribution in [0.5, 0.6) is 0 Å². The molecule has 0 aliphatic rings. The molecule has 0 spiro atoms. The van der Waals surface area contributed by atoms with Crippen LogP contribution in [0, 0.1) is 6.92 Å². The topological polar surface area (TPSA) is 74.6 Å². The summed E-state index contributed by atoms with van der Waals surface area (Å²) in [5, 5.41) is 13.0. The monoisotopic (exact) mass is 229 g/mol. The zero-order valence-electron chi connectivity index (χ0n) is 9.21. The summed E-state index contributed by atoms with van der Waals surface area (Å²) in [5.41, 5.74) is 4.49. The fraction of sp³-hybridized carbons (Fsp3) is 0.0833. The van der Waals surface area contributed by atoms with Crippen LogP contribution in [-0.4, -0.2) is 22.3 Å². The highest BCUT2D eigenvalue weighted by Crippen LogP contribution is 2.19. The van der Waals surface area contributed by atoms with E-state index in [2.05, 4.69) is 15.5 Å². The summed E-state index contributed by atoms with van der Waals surface area (Å²) >= 11 is 0. The Balaban J connectivity index is 2.33. The van der Waals surface area contributed by atoms with Crippen molar-refractivity contribution < 1.29 is 9.90 Å². The van der Waals surface area contributed by atoms with E-state index >= 15 is 0 Å². The second kappa shape index (κ2) is 4.61. The highest BCUT2D eigenvalue weighted by Gasteiger charge is 2.00. The molecule has 0 aliphatic heterocycles. The Morgan fingerprint density at radius 2 is 2.24 bits per heavy atom. The van der Waals surface area contributed by atoms with E-state index in [1.54, 1.807) is 0 Å². The Labute approximate surface area is 97.8 Å². The molecule has 5 heteroatoms. The van der Waals surface area contributed by atoms with Gasteiger partial charge in [0.05, 0.1) is 5.52 Å². The van der Waals surface area contributed by atoms with Crippen LogP contribution in [-0.2, 0) is 4.79 Å². The fourth-order valence-electron chi connectivity index (χ4n) is 1.56. The second-order valence-corrected chi connectivity index (χ2v) is 3.55. The minimum absolute atomic E-state index is 0.527. The highest BCUT2D eigenvalue weighted by molar-refractivity contribution is 6.22. The van der Waals surface area contributed by atoms with Gasteiger partial charge in [-0.05, 0) is 24.6 Å². The van der Waals surface area contributed by atoms with Crippen molar-refractivity contribution >= 4 is 28.9 Å². The van der Waals surface area contributed by atoms with Gasteiger partial charge in [-0.3, -0.25) is 5.43 Å². The lowest BCUT2D eigenvalue weighted by molar-refractivity contribution is -0.128. The Hall–Kier alpha value is -2.43. The van der Waals surface area contributed by atoms with Crippen LogP contribution in [0.3, 0.4) is 0 Å². The van der Waals surface area contributed by atoms with Crippen LogP contribution in [0.4, 0.5) is 5.82 Å². The van der Waals surface area contributed by atoms with Gasteiger partial charge in [-0.15, -0.1) is 0 Å². The molecular formula is C12H11N3O2. The number of benzene rings is 1. The lowest BCUT2D eigenvalue weighted by atomic mass is 10.1. The van der Waals surface area contributed by atoms with Crippen LogP contribution in [0.2, 0.25) is 0 Å². The first-order valence-corrected chi connectivity index (χ1v) is 5.05. The number of carboxylic acids is 1. The number of hydrazone groups is 1. The van der Waals surface area contributed by atoms with Crippen LogP contribution >= 0.6 is 0 Å². The summed E-state index contributed by atoms with van der Waals surface area (Å²) < 4.78 is 0. The predicted molar refractivity (Wildman–Crippen MR) is 66.2 cm³/mol. The summed E-state index contributed by atoms with van der Waals surface area (Å²) in [6.45, 7) is 1.97. The molecule has 0 radical (unpaired) electrons. The number of aryl methyl sites for hydroxylation is 1. The van der Waals surface area contributed by atoms with E-state index in [-0.39, 0.29) is 0 Å². The van der Waals surface area contributed by atoms with Crippen molar-refractivity contribution in [3.8, 4) is 0 Å². The summed E-state index contributed by atoms with van der Waals surface area (Å²) in [4.78, 5) is 14.6. The fourth-order valence-corrected chi connectivity index (χ4v) is 1.56. The molecule has 2 rings (SSSR count). The summed E-state index contributed by atoms with van der Waals surface area (Å²) in [6.07, 6.45) is 0.784. The number of aliphatic carboxylic acids is 1. The number of pyridine rings is 1. The van der Waals surface area contributed by atoms with Gasteiger partial charge in [0, 0.05) is 5.39 Å². The van der Waals surface area contributed by atoms with Gasteiger partial charge in [-0.1, -0.05) is 18.2 Å². The van der Waals surface area contributed by atoms with Gasteiger partial charge < -0.3 is 5.11 Å². The third-order valence-corrected chi connectivity index (χ3v) is 2.28. The van der Waals surface area contributed by atoms with E-state index in [4.69, 9.17) is 5.11 Å². The lowest BCUT2D eigenvalue weighted by Crippen LogP contribution is -2.00. The maximum atomic E-state index is 10.3. The average molecular weight is 229 g/mol. The SMILES string of the molecule is Cc1cc(NN=CC(=O)O)nc2ccccc12. The Morgan fingerprint density at radius 1 is 1.47 bits per heavy atom. The van der Waals surface area contributed by atoms with Crippen molar-refractivity contribution in [2.24, 2.45) is 5.10 Å². The molecule has 0 aliphatic carbocycles. The molecule has 0 atom stereocenters. The number of carboxylic acid groups (broad SMARTS) is 1. The number of fused-ring (bicyclic) bond motifs is 1. The molecule has 0 saturated heterocycles. The molecular weight excluding hydrogens is 218 g/mol. The molecule has 1 heterocycles. The molecule has 0 bridgehead atoms. The van der Waals surface area contributed by atoms with E-state index in [1.807, 2.05) is 37.3 Å². The normalized spacial score (nSPS) is 10.9. The number of nitrogens with one attached hydrogen (secondary N) is 1. The summed E-state index contributed by atoms with van der Waals surface area (Å²) in [7, 11) is 0. The molecule has 0 amide bonds. The van der Waals surface area contributed by atoms with Gasteiger partial charge in [0.1, 0.15) is 12.0 Å². The highest BCUT2D eigenvalue weighted by atomic mass is 16.4. The molecule has 1 aromatic heterocycles. The zero-order chi connectivity index (χ0) is 12.3. The molecule has 2 aromatic rings. The first kappa shape index (κ1) is 11.1. The number of rotatable bonds is 3. The minimum atomic E-state index is -1.10. The number of hydrogen-bond acceptors (Lipinski definition) is 4. The Kier molecular flexibility index (Phi) is 3.00. The average Bonchev–Trinajstić information content (AvgIpc) is 2.28. The maximum Gasteiger partial charge on any atom is 0.348 e. The minimum Gasteiger partial charge on any atom is -0.477 e. The van der Waals surface area contributed by atoms with Crippen molar-refractivity contribution in [3.05, 3.63) is 35.9 Å². The summed E-state index contributed by atoms with van der Waals surface area (Å²) in [6, 6.07) is 9.56. The Bertz CT molecular complexity index is 593. The molecule has 5 nitrogen and oxygen atoms in total. The van der Waals surface area contributed by atoms with E-state index in [0.29, 0.717) is 5.82 Å². The van der Waals surface area contributed by atoms with E-state index in [1.165, 1.54) is 0 Å². The number of anilines is 1. The smallest absolute Gasteiger partial charge is 0.348 e. The quantitative estimate of drug-likeness (QED) is 0.623. The van der Waals surface area contributed by atoms with Crippen LogP contribution in [0.25, 0.3) is 10.9 Å².